The normalized spacial score (nSPS) is 12.2. The zero-order chi connectivity index (χ0) is 11.4. The van der Waals surface area contributed by atoms with E-state index in [0.29, 0.717) is 11.3 Å². The van der Waals surface area contributed by atoms with Crippen LogP contribution in [0.25, 0.3) is 0 Å². The topological polar surface area (TPSA) is 66.8 Å². The number of ether oxygens (including phenoxy) is 1. The molecule has 0 heterocycles. The van der Waals surface area contributed by atoms with Crippen LogP contribution in [0.4, 0.5) is 0 Å². The predicted molar refractivity (Wildman–Crippen MR) is 54.9 cm³/mol. The molecule has 1 aromatic carbocycles. The molecule has 4 nitrogen and oxygen atoms in total. The maximum Gasteiger partial charge on any atom is 0.306 e. The van der Waals surface area contributed by atoms with E-state index in [1.807, 2.05) is 6.92 Å². The second-order valence-corrected chi connectivity index (χ2v) is 3.34. The summed E-state index contributed by atoms with van der Waals surface area (Å²) in [7, 11) is 1.56. The van der Waals surface area contributed by atoms with E-state index in [-0.39, 0.29) is 6.42 Å². The molecule has 0 aliphatic carbocycles. The summed E-state index contributed by atoms with van der Waals surface area (Å²) in [5, 5.41) is 18.2. The monoisotopic (exact) mass is 210 g/mol. The fourth-order valence-electron chi connectivity index (χ4n) is 1.42. The van der Waals surface area contributed by atoms with Crippen LogP contribution in [0.2, 0.25) is 0 Å². The van der Waals surface area contributed by atoms with E-state index in [0.717, 1.165) is 5.56 Å². The number of hydrogen-bond acceptors (Lipinski definition) is 3. The summed E-state index contributed by atoms with van der Waals surface area (Å²) >= 11 is 0. The molecule has 0 unspecified atom stereocenters. The van der Waals surface area contributed by atoms with Crippen molar-refractivity contribution < 1.29 is 19.7 Å². The van der Waals surface area contributed by atoms with Crippen LogP contribution < -0.4 is 4.74 Å². The first-order chi connectivity index (χ1) is 7.04. The minimum absolute atomic E-state index is 0.285. The molecule has 0 saturated heterocycles. The van der Waals surface area contributed by atoms with Crippen LogP contribution in [0.15, 0.2) is 18.2 Å². The maximum absolute atomic E-state index is 10.4. The highest BCUT2D eigenvalue weighted by molar-refractivity contribution is 5.67. The van der Waals surface area contributed by atoms with Gasteiger partial charge in [0.25, 0.3) is 0 Å². The Kier molecular flexibility index (Phi) is 3.68. The van der Waals surface area contributed by atoms with Crippen molar-refractivity contribution in [3.8, 4) is 5.75 Å². The number of methoxy groups -OCH3 is 1. The number of aliphatic hydroxyl groups excluding tert-OH is 1. The highest BCUT2D eigenvalue weighted by Crippen LogP contribution is 2.24. The van der Waals surface area contributed by atoms with Gasteiger partial charge in [-0.3, -0.25) is 4.79 Å². The highest BCUT2D eigenvalue weighted by Gasteiger charge is 2.14. The van der Waals surface area contributed by atoms with E-state index in [2.05, 4.69) is 0 Å². The molecule has 0 saturated carbocycles. The third kappa shape index (κ3) is 2.95. The van der Waals surface area contributed by atoms with Crippen molar-refractivity contribution in [3.63, 3.8) is 0 Å². The van der Waals surface area contributed by atoms with Gasteiger partial charge in [0.1, 0.15) is 5.75 Å². The molecule has 0 radical (unpaired) electrons. The zero-order valence-electron chi connectivity index (χ0n) is 8.73. The van der Waals surface area contributed by atoms with Crippen molar-refractivity contribution in [2.24, 2.45) is 0 Å². The Hall–Kier alpha value is -1.55. The lowest BCUT2D eigenvalue weighted by atomic mass is 10.0. The van der Waals surface area contributed by atoms with Gasteiger partial charge < -0.3 is 14.9 Å². The number of aliphatic hydroxyl groups is 1. The number of carbonyl (C=O) groups is 1. The van der Waals surface area contributed by atoms with Crippen molar-refractivity contribution in [2.75, 3.05) is 7.11 Å². The molecule has 0 amide bonds. The largest absolute Gasteiger partial charge is 0.497 e. The SMILES string of the molecule is COc1ccc([C@@H](O)CC(=O)O)c(C)c1. The first-order valence-corrected chi connectivity index (χ1v) is 4.59. The van der Waals surface area contributed by atoms with Crippen molar-refractivity contribution >= 4 is 5.97 Å². The minimum Gasteiger partial charge on any atom is -0.497 e. The molecule has 15 heavy (non-hydrogen) atoms. The van der Waals surface area contributed by atoms with Gasteiger partial charge in [-0.1, -0.05) is 6.07 Å². The van der Waals surface area contributed by atoms with Gasteiger partial charge in [-0.05, 0) is 30.2 Å². The highest BCUT2D eigenvalue weighted by atomic mass is 16.5. The number of rotatable bonds is 4. The van der Waals surface area contributed by atoms with Crippen molar-refractivity contribution in [1.82, 2.24) is 0 Å². The third-order valence-corrected chi connectivity index (χ3v) is 2.20. The summed E-state index contributed by atoms with van der Waals surface area (Å²) < 4.78 is 5.01. The average molecular weight is 210 g/mol. The first-order valence-electron chi connectivity index (χ1n) is 4.59. The molecule has 0 aliphatic heterocycles. The molecule has 0 bridgehead atoms. The second-order valence-electron chi connectivity index (χ2n) is 3.34. The Labute approximate surface area is 88.1 Å². The number of carboxylic acids is 1. The van der Waals surface area contributed by atoms with Gasteiger partial charge in [0.2, 0.25) is 0 Å². The van der Waals surface area contributed by atoms with E-state index in [1.165, 1.54) is 0 Å². The number of hydrogen-bond donors (Lipinski definition) is 2. The molecule has 4 heteroatoms. The number of benzene rings is 1. The molecule has 0 aromatic heterocycles. The van der Waals surface area contributed by atoms with E-state index >= 15 is 0 Å². The summed E-state index contributed by atoms with van der Waals surface area (Å²) in [4.78, 5) is 10.4. The third-order valence-electron chi connectivity index (χ3n) is 2.20. The summed E-state index contributed by atoms with van der Waals surface area (Å²) in [6, 6.07) is 5.15. The molecule has 2 N–H and O–H groups in total. The Morgan fingerprint density at radius 3 is 2.67 bits per heavy atom. The van der Waals surface area contributed by atoms with E-state index in [4.69, 9.17) is 9.84 Å². The average Bonchev–Trinajstić information content (AvgIpc) is 2.16. The Balaban J connectivity index is 2.90. The fraction of sp³-hybridized carbons (Fsp3) is 0.364. The van der Waals surface area contributed by atoms with Gasteiger partial charge in [-0.25, -0.2) is 0 Å². The Morgan fingerprint density at radius 1 is 1.53 bits per heavy atom. The van der Waals surface area contributed by atoms with Crippen LogP contribution in [0.3, 0.4) is 0 Å². The van der Waals surface area contributed by atoms with Crippen LogP contribution in [0, 0.1) is 6.92 Å². The van der Waals surface area contributed by atoms with Gasteiger partial charge in [0, 0.05) is 0 Å². The smallest absolute Gasteiger partial charge is 0.306 e. The van der Waals surface area contributed by atoms with Crippen molar-refractivity contribution in [1.29, 1.82) is 0 Å². The minimum atomic E-state index is -1.02. The standard InChI is InChI=1S/C11H14O4/c1-7-5-8(15-2)3-4-9(7)10(12)6-11(13)14/h3-5,10,12H,6H2,1-2H3,(H,13,14)/t10-/m0/s1. The number of carboxylic acid groups (broad SMARTS) is 1. The van der Waals surface area contributed by atoms with Gasteiger partial charge in [-0.15, -0.1) is 0 Å². The van der Waals surface area contributed by atoms with Gasteiger partial charge in [-0.2, -0.15) is 0 Å². The van der Waals surface area contributed by atoms with Gasteiger partial charge >= 0.3 is 5.97 Å². The predicted octanol–water partition coefficient (Wildman–Crippen LogP) is 1.51. The van der Waals surface area contributed by atoms with E-state index in [9.17, 15) is 9.90 Å². The summed E-state index contributed by atoms with van der Waals surface area (Å²) in [6.07, 6.45) is -1.25. The molecular weight excluding hydrogens is 196 g/mol. The van der Waals surface area contributed by atoms with Crippen LogP contribution in [-0.4, -0.2) is 23.3 Å². The quantitative estimate of drug-likeness (QED) is 0.790. The molecule has 0 spiro atoms. The summed E-state index contributed by atoms with van der Waals surface area (Å²) in [5.74, 6) is -0.323. The van der Waals surface area contributed by atoms with Crippen LogP contribution in [0.1, 0.15) is 23.7 Å². The maximum atomic E-state index is 10.4. The van der Waals surface area contributed by atoms with Gasteiger partial charge in [0.15, 0.2) is 0 Å². The summed E-state index contributed by atoms with van der Waals surface area (Å²) in [5.41, 5.74) is 1.45. The molecular formula is C11H14O4. The second kappa shape index (κ2) is 4.79. The Bertz CT molecular complexity index is 360. The summed E-state index contributed by atoms with van der Waals surface area (Å²) in [6.45, 7) is 1.81. The van der Waals surface area contributed by atoms with E-state index < -0.39 is 12.1 Å². The van der Waals surface area contributed by atoms with Crippen LogP contribution >= 0.6 is 0 Å². The zero-order valence-corrected chi connectivity index (χ0v) is 8.73. The molecule has 82 valence electrons. The van der Waals surface area contributed by atoms with Crippen LogP contribution in [0.5, 0.6) is 5.75 Å². The van der Waals surface area contributed by atoms with Crippen LogP contribution in [-0.2, 0) is 4.79 Å². The molecule has 1 aromatic rings. The Morgan fingerprint density at radius 2 is 2.20 bits per heavy atom. The van der Waals surface area contributed by atoms with Crippen molar-refractivity contribution in [2.45, 2.75) is 19.4 Å². The molecule has 0 aliphatic rings. The fourth-order valence-corrected chi connectivity index (χ4v) is 1.42. The van der Waals surface area contributed by atoms with Crippen molar-refractivity contribution in [3.05, 3.63) is 29.3 Å². The lowest BCUT2D eigenvalue weighted by Gasteiger charge is -2.12. The lowest BCUT2D eigenvalue weighted by molar-refractivity contribution is -0.139. The lowest BCUT2D eigenvalue weighted by Crippen LogP contribution is -2.06. The molecule has 0 fully saturated rings. The number of aliphatic carboxylic acids is 1. The van der Waals surface area contributed by atoms with Gasteiger partial charge in [0.05, 0.1) is 19.6 Å². The van der Waals surface area contributed by atoms with E-state index in [1.54, 1.807) is 25.3 Å². The number of aryl methyl sites for hydroxylation is 1. The molecule has 1 rings (SSSR count). The first kappa shape index (κ1) is 11.5. The molecule has 1 atom stereocenters.